The third kappa shape index (κ3) is 5.19. The zero-order valence-corrected chi connectivity index (χ0v) is 12.0. The third-order valence-corrected chi connectivity index (χ3v) is 3.65. The molecule has 0 bridgehead atoms. The largest absolute Gasteiger partial charge is 0.508 e. The number of benzene rings is 1. The number of phenolic OH excluding ortho intramolecular Hbond substituents is 2. The number of hydrogen-bond donors (Lipinski definition) is 3. The van der Waals surface area contributed by atoms with Crippen molar-refractivity contribution in [2.24, 2.45) is 0 Å². The Morgan fingerprint density at radius 1 is 1.22 bits per heavy atom. The highest BCUT2D eigenvalue weighted by Crippen LogP contribution is 2.27. The second kappa shape index (κ2) is 8.27. The second-order valence-corrected chi connectivity index (χ2v) is 5.46. The molecule has 3 N–H and O–H groups in total. The van der Waals surface area contributed by atoms with Crippen LogP contribution in [0.15, 0.2) is 18.2 Å². The summed E-state index contributed by atoms with van der Waals surface area (Å²) < 4.78 is 0. The topological polar surface area (TPSA) is 52.5 Å². The molecule has 1 aromatic rings. The van der Waals surface area contributed by atoms with Gasteiger partial charge in [-0.05, 0) is 56.5 Å². The van der Waals surface area contributed by atoms with Crippen LogP contribution in [0.2, 0.25) is 0 Å². The lowest BCUT2D eigenvalue weighted by atomic mass is 10.1. The van der Waals surface area contributed by atoms with Crippen LogP contribution in [0.4, 0.5) is 0 Å². The molecule has 3 nitrogen and oxygen atoms in total. The molecule has 0 aliphatic carbocycles. The first-order valence-corrected chi connectivity index (χ1v) is 7.78. The molecule has 1 aromatic carbocycles. The summed E-state index contributed by atoms with van der Waals surface area (Å²) in [5, 5.41) is 22.5. The monoisotopic (exact) mass is 269 g/mol. The third-order valence-electron chi connectivity index (χ3n) is 2.95. The fourth-order valence-electron chi connectivity index (χ4n) is 1.87. The van der Waals surface area contributed by atoms with Crippen molar-refractivity contribution in [3.8, 4) is 11.5 Å². The van der Waals surface area contributed by atoms with Crippen molar-refractivity contribution in [1.82, 2.24) is 5.32 Å². The van der Waals surface area contributed by atoms with Crippen LogP contribution in [0.1, 0.15) is 37.8 Å². The van der Waals surface area contributed by atoms with Crippen molar-refractivity contribution in [2.75, 3.05) is 18.6 Å². The van der Waals surface area contributed by atoms with Crippen molar-refractivity contribution in [1.29, 1.82) is 0 Å². The van der Waals surface area contributed by atoms with Gasteiger partial charge in [0.25, 0.3) is 0 Å². The predicted molar refractivity (Wildman–Crippen MR) is 78.4 cm³/mol. The number of phenols is 2. The van der Waals surface area contributed by atoms with Crippen LogP contribution in [0, 0.1) is 0 Å². The van der Waals surface area contributed by atoms with Gasteiger partial charge in [0.2, 0.25) is 0 Å². The Labute approximate surface area is 114 Å². The highest BCUT2D eigenvalue weighted by molar-refractivity contribution is 7.98. The maximum Gasteiger partial charge on any atom is 0.120 e. The van der Waals surface area contributed by atoms with E-state index in [2.05, 4.69) is 11.6 Å². The van der Waals surface area contributed by atoms with Crippen molar-refractivity contribution in [3.63, 3.8) is 0 Å². The van der Waals surface area contributed by atoms with Gasteiger partial charge < -0.3 is 15.5 Å². The standard InChI is InChI=1S/C14H23NO2S/c1-11(15-8-4-3-5-9-18-2)13-10-12(16)6-7-14(13)17/h6-7,10-11,15-17H,3-5,8-9H2,1-2H3. The molecule has 0 aromatic heterocycles. The molecular weight excluding hydrogens is 246 g/mol. The van der Waals surface area contributed by atoms with Crippen LogP contribution in [0.3, 0.4) is 0 Å². The summed E-state index contributed by atoms with van der Waals surface area (Å²) in [5.41, 5.74) is 0.749. The molecule has 0 saturated carbocycles. The van der Waals surface area contributed by atoms with E-state index < -0.39 is 0 Å². The van der Waals surface area contributed by atoms with Gasteiger partial charge in [0, 0.05) is 11.6 Å². The molecule has 1 atom stereocenters. The van der Waals surface area contributed by atoms with Crippen LogP contribution in [0.25, 0.3) is 0 Å². The lowest BCUT2D eigenvalue weighted by molar-refractivity contribution is 0.439. The SMILES string of the molecule is CSCCCCCNC(C)c1cc(O)ccc1O. The quantitative estimate of drug-likeness (QED) is 0.501. The number of unbranched alkanes of at least 4 members (excludes halogenated alkanes) is 2. The first-order chi connectivity index (χ1) is 8.65. The van der Waals surface area contributed by atoms with Crippen LogP contribution in [-0.4, -0.2) is 28.8 Å². The lowest BCUT2D eigenvalue weighted by Gasteiger charge is -2.15. The normalized spacial score (nSPS) is 12.6. The van der Waals surface area contributed by atoms with Gasteiger partial charge in [-0.15, -0.1) is 0 Å². The fourth-order valence-corrected chi connectivity index (χ4v) is 2.36. The molecule has 0 heterocycles. The summed E-state index contributed by atoms with van der Waals surface area (Å²) >= 11 is 1.89. The van der Waals surface area contributed by atoms with Crippen molar-refractivity contribution in [2.45, 2.75) is 32.2 Å². The number of nitrogens with one attached hydrogen (secondary N) is 1. The van der Waals surface area contributed by atoms with Crippen molar-refractivity contribution < 1.29 is 10.2 Å². The van der Waals surface area contributed by atoms with Gasteiger partial charge >= 0.3 is 0 Å². The number of rotatable bonds is 8. The van der Waals surface area contributed by atoms with E-state index in [0.717, 1.165) is 18.5 Å². The highest BCUT2D eigenvalue weighted by atomic mass is 32.2. The van der Waals surface area contributed by atoms with E-state index in [-0.39, 0.29) is 17.5 Å². The van der Waals surface area contributed by atoms with Crippen LogP contribution in [0.5, 0.6) is 11.5 Å². The Hall–Kier alpha value is -0.870. The van der Waals surface area contributed by atoms with E-state index in [1.165, 1.54) is 30.7 Å². The molecule has 0 fully saturated rings. The maximum atomic E-state index is 9.72. The molecule has 0 aliphatic rings. The van der Waals surface area contributed by atoms with Gasteiger partial charge in [-0.1, -0.05) is 6.42 Å². The number of hydrogen-bond acceptors (Lipinski definition) is 4. The van der Waals surface area contributed by atoms with E-state index in [4.69, 9.17) is 0 Å². The molecule has 0 spiro atoms. The Morgan fingerprint density at radius 2 is 2.00 bits per heavy atom. The molecule has 0 radical (unpaired) electrons. The van der Waals surface area contributed by atoms with Crippen molar-refractivity contribution >= 4 is 11.8 Å². The van der Waals surface area contributed by atoms with Crippen LogP contribution in [-0.2, 0) is 0 Å². The van der Waals surface area contributed by atoms with Crippen LogP contribution < -0.4 is 5.32 Å². The van der Waals surface area contributed by atoms with Gasteiger partial charge in [0.15, 0.2) is 0 Å². The van der Waals surface area contributed by atoms with Gasteiger partial charge in [-0.2, -0.15) is 11.8 Å². The summed E-state index contributed by atoms with van der Waals surface area (Å²) in [6.07, 6.45) is 5.76. The number of thioether (sulfide) groups is 1. The van der Waals surface area contributed by atoms with Crippen LogP contribution >= 0.6 is 11.8 Å². The molecule has 1 rings (SSSR count). The molecule has 18 heavy (non-hydrogen) atoms. The molecule has 4 heteroatoms. The van der Waals surface area contributed by atoms with Gasteiger partial charge in [0.1, 0.15) is 11.5 Å². The van der Waals surface area contributed by atoms with E-state index >= 15 is 0 Å². The maximum absolute atomic E-state index is 9.72. The predicted octanol–water partition coefficient (Wildman–Crippen LogP) is 3.28. The molecule has 0 saturated heterocycles. The average molecular weight is 269 g/mol. The molecular formula is C14H23NO2S. The molecule has 0 amide bonds. The Morgan fingerprint density at radius 3 is 2.72 bits per heavy atom. The molecule has 1 unspecified atom stereocenters. The van der Waals surface area contributed by atoms with E-state index in [1.807, 2.05) is 18.7 Å². The smallest absolute Gasteiger partial charge is 0.120 e. The highest BCUT2D eigenvalue weighted by Gasteiger charge is 2.10. The lowest BCUT2D eigenvalue weighted by Crippen LogP contribution is -2.19. The van der Waals surface area contributed by atoms with Gasteiger partial charge in [0.05, 0.1) is 0 Å². The number of aromatic hydroxyl groups is 2. The van der Waals surface area contributed by atoms with Crippen molar-refractivity contribution in [3.05, 3.63) is 23.8 Å². The minimum atomic E-state index is 0.0534. The summed E-state index contributed by atoms with van der Waals surface area (Å²) in [6, 6.07) is 4.69. The fraction of sp³-hybridized carbons (Fsp3) is 0.571. The van der Waals surface area contributed by atoms with Gasteiger partial charge in [-0.25, -0.2) is 0 Å². The van der Waals surface area contributed by atoms with Gasteiger partial charge in [-0.3, -0.25) is 0 Å². The Balaban J connectivity index is 2.31. The summed E-state index contributed by atoms with van der Waals surface area (Å²) in [5.74, 6) is 1.65. The van der Waals surface area contributed by atoms with E-state index in [9.17, 15) is 10.2 Å². The first-order valence-electron chi connectivity index (χ1n) is 6.39. The minimum Gasteiger partial charge on any atom is -0.508 e. The summed E-state index contributed by atoms with van der Waals surface area (Å²) in [6.45, 7) is 2.93. The Bertz CT molecular complexity index is 358. The zero-order chi connectivity index (χ0) is 13.4. The molecule has 0 aliphatic heterocycles. The second-order valence-electron chi connectivity index (χ2n) is 4.47. The van der Waals surface area contributed by atoms with E-state index in [0.29, 0.717) is 0 Å². The van der Waals surface area contributed by atoms with E-state index in [1.54, 1.807) is 6.07 Å². The minimum absolute atomic E-state index is 0.0534. The summed E-state index contributed by atoms with van der Waals surface area (Å²) in [7, 11) is 0. The zero-order valence-electron chi connectivity index (χ0n) is 11.1. The molecule has 102 valence electrons. The average Bonchev–Trinajstić information content (AvgIpc) is 2.36. The first kappa shape index (κ1) is 15.2. The Kier molecular flexibility index (Phi) is 6.98. The summed E-state index contributed by atoms with van der Waals surface area (Å²) in [4.78, 5) is 0.